The van der Waals surface area contributed by atoms with E-state index in [1.807, 2.05) is 6.07 Å². The Bertz CT molecular complexity index is 220. The van der Waals surface area contributed by atoms with E-state index in [1.54, 1.807) is 24.3 Å². The summed E-state index contributed by atoms with van der Waals surface area (Å²) in [5.41, 5.74) is 0.731. The molecular weight excluding hydrogens is 267 g/mol. The van der Waals surface area contributed by atoms with Gasteiger partial charge in [0.25, 0.3) is 0 Å². The van der Waals surface area contributed by atoms with E-state index in [9.17, 15) is 6.63 Å². The zero-order valence-electron chi connectivity index (χ0n) is 5.93. The van der Waals surface area contributed by atoms with Crippen LogP contribution in [0.5, 0.6) is 0 Å². The van der Waals surface area contributed by atoms with Crippen LogP contribution in [0.15, 0.2) is 30.3 Å². The Morgan fingerprint density at radius 3 is 2.18 bits per heavy atom. The van der Waals surface area contributed by atoms with Gasteiger partial charge >= 0.3 is 75.0 Å². The quantitative estimate of drug-likeness (QED) is 0.725. The molecule has 0 N–H and O–H groups in total. The molecule has 58 valence electrons. The third-order valence-electron chi connectivity index (χ3n) is 1.41. The van der Waals surface area contributed by atoms with E-state index in [0.29, 0.717) is 0 Å². The fourth-order valence-electron chi connectivity index (χ4n) is 0.972. The van der Waals surface area contributed by atoms with Gasteiger partial charge in [-0.1, -0.05) is 0 Å². The van der Waals surface area contributed by atoms with E-state index in [-0.39, 0.29) is 5.02 Å². The molecule has 0 radical (unpaired) electrons. The zero-order chi connectivity index (χ0) is 8.32. The number of halogens is 3. The average molecular weight is 274 g/mol. The van der Waals surface area contributed by atoms with E-state index in [4.69, 9.17) is 0 Å². The molecule has 0 spiro atoms. The van der Waals surface area contributed by atoms with Gasteiger partial charge in [0, 0.05) is 0 Å². The molecule has 11 heavy (non-hydrogen) atoms. The van der Waals surface area contributed by atoms with Crippen molar-refractivity contribution in [1.29, 1.82) is 0 Å². The van der Waals surface area contributed by atoms with Crippen LogP contribution in [-0.2, 0) is 18.8 Å². The molecule has 0 amide bonds. The topological polar surface area (TPSA) is 0 Å². The van der Waals surface area contributed by atoms with Crippen molar-refractivity contribution in [1.82, 2.24) is 0 Å². The Labute approximate surface area is 74.9 Å². The summed E-state index contributed by atoms with van der Waals surface area (Å²) in [7, 11) is 0. The van der Waals surface area contributed by atoms with Crippen molar-refractivity contribution in [3.05, 3.63) is 35.9 Å². The van der Waals surface area contributed by atoms with Gasteiger partial charge in [0.15, 0.2) is 0 Å². The minimum absolute atomic E-state index is 0.0374. The SMILES string of the molecule is [F][Zn]([F])([Br])[CH2]c1ccccc1. The second kappa shape index (κ2) is 3.73. The van der Waals surface area contributed by atoms with E-state index < -0.39 is 13.8 Å². The molecule has 1 rings (SSSR count). The van der Waals surface area contributed by atoms with E-state index in [2.05, 4.69) is 13.6 Å². The van der Waals surface area contributed by atoms with Crippen molar-refractivity contribution in [2.24, 2.45) is 0 Å². The monoisotopic (exact) mass is 272 g/mol. The van der Waals surface area contributed by atoms with Crippen molar-refractivity contribution < 1.29 is 20.4 Å². The Morgan fingerprint density at radius 1 is 1.18 bits per heavy atom. The predicted octanol–water partition coefficient (Wildman–Crippen LogP) is 3.42. The zero-order valence-corrected chi connectivity index (χ0v) is 10.5. The molecule has 0 fully saturated rings. The molecule has 0 bridgehead atoms. The molecule has 0 aliphatic heterocycles. The summed E-state index contributed by atoms with van der Waals surface area (Å²) >= 11 is -2.33. The normalized spacial score (nSPS) is 10.1. The number of hydrogen-bond donors (Lipinski definition) is 0. The van der Waals surface area contributed by atoms with E-state index in [0.717, 1.165) is 5.56 Å². The molecule has 0 unspecified atom stereocenters. The first-order valence-electron chi connectivity index (χ1n) is 3.57. The molecule has 0 aliphatic carbocycles. The summed E-state index contributed by atoms with van der Waals surface area (Å²) < 4.78 is 25.1. The maximum atomic E-state index is 12.5. The molecule has 0 aromatic heterocycles. The van der Waals surface area contributed by atoms with Gasteiger partial charge in [-0.05, 0) is 0 Å². The van der Waals surface area contributed by atoms with Crippen LogP contribution in [0.25, 0.3) is 0 Å². The van der Waals surface area contributed by atoms with Crippen molar-refractivity contribution in [2.45, 2.75) is 5.02 Å². The summed E-state index contributed by atoms with van der Waals surface area (Å²) in [5, 5.41) is -0.0374. The van der Waals surface area contributed by atoms with Gasteiger partial charge in [-0.15, -0.1) is 0 Å². The summed E-state index contributed by atoms with van der Waals surface area (Å²) in [5.74, 6) is 0. The summed E-state index contributed by atoms with van der Waals surface area (Å²) in [4.78, 5) is 0. The minimum atomic E-state index is -4.83. The molecule has 1 aromatic rings. The van der Waals surface area contributed by atoms with Crippen LogP contribution in [0.2, 0.25) is 0 Å². The van der Waals surface area contributed by atoms with Gasteiger partial charge in [0.05, 0.1) is 0 Å². The van der Waals surface area contributed by atoms with Crippen molar-refractivity contribution >= 4 is 13.6 Å². The number of benzene rings is 1. The van der Waals surface area contributed by atoms with Crippen LogP contribution in [-0.4, -0.2) is 0 Å². The molecule has 1 aromatic carbocycles. The van der Waals surface area contributed by atoms with Gasteiger partial charge < -0.3 is 0 Å². The summed E-state index contributed by atoms with van der Waals surface area (Å²) in [6.45, 7) is 0. The van der Waals surface area contributed by atoms with Gasteiger partial charge in [0.1, 0.15) is 0 Å². The standard InChI is InChI=1S/C7H7.BrH.2FH.Zn/c1-7-5-3-2-4-6-7;;;;/h2-6H,1H2;3*1H;/q;;;;+3/p-3. The molecule has 0 nitrogen and oxygen atoms in total. The van der Waals surface area contributed by atoms with Crippen LogP contribution in [0.3, 0.4) is 0 Å². The van der Waals surface area contributed by atoms with E-state index in [1.165, 1.54) is 0 Å². The molecule has 0 saturated heterocycles. The van der Waals surface area contributed by atoms with Crippen LogP contribution in [0.1, 0.15) is 5.56 Å². The average Bonchev–Trinajstić information content (AvgIpc) is 1.85. The van der Waals surface area contributed by atoms with Crippen LogP contribution in [0, 0.1) is 0 Å². The van der Waals surface area contributed by atoms with Crippen LogP contribution >= 0.6 is 13.6 Å². The van der Waals surface area contributed by atoms with Crippen molar-refractivity contribution in [2.75, 3.05) is 0 Å². The Morgan fingerprint density at radius 2 is 1.73 bits per heavy atom. The second-order valence-corrected chi connectivity index (χ2v) is 15.8. The molecular formula is C7H7BrF2Zn. The van der Waals surface area contributed by atoms with Crippen LogP contribution < -0.4 is 0 Å². The van der Waals surface area contributed by atoms with Crippen molar-refractivity contribution in [3.63, 3.8) is 0 Å². The van der Waals surface area contributed by atoms with Gasteiger partial charge in [-0.2, -0.15) is 0 Å². The fourth-order valence-corrected chi connectivity index (χ4v) is 5.42. The van der Waals surface area contributed by atoms with Gasteiger partial charge in [-0.25, -0.2) is 0 Å². The molecule has 0 saturated carbocycles. The van der Waals surface area contributed by atoms with E-state index >= 15 is 0 Å². The number of rotatable bonds is 2. The third-order valence-corrected chi connectivity index (χ3v) is 5.88. The Kier molecular flexibility index (Phi) is 3.14. The molecule has 0 aliphatic rings. The van der Waals surface area contributed by atoms with Crippen LogP contribution in [0.4, 0.5) is 6.63 Å². The first kappa shape index (κ1) is 9.27. The third kappa shape index (κ3) is 3.92. The van der Waals surface area contributed by atoms with Gasteiger partial charge in [0.2, 0.25) is 0 Å². The summed E-state index contributed by atoms with van der Waals surface area (Å²) in [6.07, 6.45) is 0. The second-order valence-electron chi connectivity index (χ2n) is 2.61. The molecule has 0 atom stereocenters. The molecule has 4 heteroatoms. The number of hydrogen-bond acceptors (Lipinski definition) is 0. The molecule has 0 heterocycles. The Balaban J connectivity index is 2.66. The predicted molar refractivity (Wildman–Crippen MR) is 41.3 cm³/mol. The fraction of sp³-hybridized carbons (Fsp3) is 0.143. The first-order valence-corrected chi connectivity index (χ1v) is 14.9. The van der Waals surface area contributed by atoms with Gasteiger partial charge in [-0.3, -0.25) is 0 Å². The Hall–Kier alpha value is 0.183. The first-order chi connectivity index (χ1) is 5.08. The maximum absolute atomic E-state index is 12.5. The van der Waals surface area contributed by atoms with Crippen molar-refractivity contribution in [3.8, 4) is 0 Å². The summed E-state index contributed by atoms with van der Waals surface area (Å²) in [6, 6.07) is 8.84.